The van der Waals surface area contributed by atoms with Crippen LogP contribution in [0.5, 0.6) is 0 Å². The lowest BCUT2D eigenvalue weighted by molar-refractivity contribution is -0.270. The van der Waals surface area contributed by atoms with Crippen molar-refractivity contribution in [2.24, 2.45) is 16.7 Å². The summed E-state index contributed by atoms with van der Waals surface area (Å²) in [6, 6.07) is 7.70. The fourth-order valence-corrected chi connectivity index (χ4v) is 6.56. The molecule has 5 rings (SSSR count). The Balaban J connectivity index is 1.82. The highest BCUT2D eigenvalue weighted by Gasteiger charge is 2.90. The standard InChI is InChI=1S/C24H26O4/c1-3-5-13-19-23-15-9-8-14-22(23,21(26)27-19)18(10-4-2)24(23)17-12-7-6-11-16(17)20(25)28-24/h6-8,11-14,18H,3-5,9-10,15H2,1-2H3/b19-13-/t18-,22+,23-,24+/m1/s1. The lowest BCUT2D eigenvalue weighted by Gasteiger charge is -2.68. The van der Waals surface area contributed by atoms with Crippen molar-refractivity contribution in [3.63, 3.8) is 0 Å². The number of fused-ring (bicyclic) bond motifs is 2. The molecule has 1 aromatic rings. The van der Waals surface area contributed by atoms with Crippen LogP contribution in [-0.4, -0.2) is 11.9 Å². The molecule has 0 amide bonds. The molecule has 1 spiro atoms. The first-order valence-corrected chi connectivity index (χ1v) is 10.5. The van der Waals surface area contributed by atoms with Gasteiger partial charge in [-0.15, -0.1) is 0 Å². The zero-order valence-electron chi connectivity index (χ0n) is 16.5. The molecule has 4 nitrogen and oxygen atoms in total. The van der Waals surface area contributed by atoms with Gasteiger partial charge in [-0.2, -0.15) is 0 Å². The molecule has 4 atom stereocenters. The van der Waals surface area contributed by atoms with Crippen LogP contribution < -0.4 is 0 Å². The first-order valence-electron chi connectivity index (χ1n) is 10.5. The number of carbonyl (C=O) groups is 2. The van der Waals surface area contributed by atoms with Crippen molar-refractivity contribution < 1.29 is 19.1 Å². The van der Waals surface area contributed by atoms with Crippen LogP contribution in [0.3, 0.4) is 0 Å². The number of allylic oxidation sites excluding steroid dienone is 2. The Labute approximate surface area is 165 Å². The molecule has 1 saturated carbocycles. The van der Waals surface area contributed by atoms with Crippen molar-refractivity contribution in [1.29, 1.82) is 0 Å². The molecular weight excluding hydrogens is 352 g/mol. The van der Waals surface area contributed by atoms with Crippen molar-refractivity contribution in [2.75, 3.05) is 0 Å². The molecule has 2 aliphatic carbocycles. The minimum atomic E-state index is -0.812. The molecule has 1 saturated heterocycles. The molecule has 2 heterocycles. The van der Waals surface area contributed by atoms with Gasteiger partial charge < -0.3 is 9.47 Å². The van der Waals surface area contributed by atoms with Crippen LogP contribution in [0, 0.1) is 16.7 Å². The number of ether oxygens (including phenoxy) is 2. The van der Waals surface area contributed by atoms with E-state index in [4.69, 9.17) is 9.47 Å². The largest absolute Gasteiger partial charge is 0.449 e. The maximum absolute atomic E-state index is 13.3. The molecule has 2 aliphatic heterocycles. The lowest BCUT2D eigenvalue weighted by atomic mass is 9.32. The van der Waals surface area contributed by atoms with Crippen LogP contribution in [0.1, 0.15) is 68.3 Å². The molecule has 0 N–H and O–H groups in total. The Hall–Kier alpha value is -2.36. The summed E-state index contributed by atoms with van der Waals surface area (Å²) < 4.78 is 12.3. The van der Waals surface area contributed by atoms with E-state index in [1.54, 1.807) is 0 Å². The highest BCUT2D eigenvalue weighted by Crippen LogP contribution is 2.83. The summed E-state index contributed by atoms with van der Waals surface area (Å²) in [6.07, 6.45) is 11.4. The first kappa shape index (κ1) is 17.7. The van der Waals surface area contributed by atoms with E-state index >= 15 is 0 Å². The Morgan fingerprint density at radius 3 is 2.79 bits per heavy atom. The van der Waals surface area contributed by atoms with Gasteiger partial charge in [0, 0.05) is 11.5 Å². The Morgan fingerprint density at radius 2 is 2.00 bits per heavy atom. The summed E-state index contributed by atoms with van der Waals surface area (Å²) in [6.45, 7) is 4.23. The van der Waals surface area contributed by atoms with Crippen LogP contribution in [0.2, 0.25) is 0 Å². The van der Waals surface area contributed by atoms with E-state index in [1.165, 1.54) is 0 Å². The minimum Gasteiger partial charge on any atom is -0.449 e. The summed E-state index contributed by atoms with van der Waals surface area (Å²) in [5.41, 5.74) is -0.588. The van der Waals surface area contributed by atoms with Crippen LogP contribution in [0.15, 0.2) is 48.3 Å². The van der Waals surface area contributed by atoms with Gasteiger partial charge in [-0.3, -0.25) is 4.79 Å². The lowest BCUT2D eigenvalue weighted by Crippen LogP contribution is -2.75. The van der Waals surface area contributed by atoms with Crippen LogP contribution in [-0.2, 0) is 19.9 Å². The molecule has 0 radical (unpaired) electrons. The van der Waals surface area contributed by atoms with Gasteiger partial charge in [0.25, 0.3) is 0 Å². The number of hydrogen-bond donors (Lipinski definition) is 0. The van der Waals surface area contributed by atoms with Crippen molar-refractivity contribution in [3.8, 4) is 0 Å². The average Bonchev–Trinajstić information content (AvgIpc) is 3.15. The predicted molar refractivity (Wildman–Crippen MR) is 104 cm³/mol. The third-order valence-electron chi connectivity index (χ3n) is 7.40. The number of unbranched alkanes of at least 4 members (excludes halogenated alkanes) is 1. The van der Waals surface area contributed by atoms with Gasteiger partial charge >= 0.3 is 11.9 Å². The molecule has 0 unspecified atom stereocenters. The number of benzene rings is 1. The average molecular weight is 378 g/mol. The molecule has 4 aliphatic rings. The summed E-state index contributed by atoms with van der Waals surface area (Å²) in [7, 11) is 0. The maximum Gasteiger partial charge on any atom is 0.339 e. The van der Waals surface area contributed by atoms with E-state index in [0.29, 0.717) is 5.56 Å². The zero-order chi connectivity index (χ0) is 19.6. The Morgan fingerprint density at radius 1 is 1.18 bits per heavy atom. The van der Waals surface area contributed by atoms with Gasteiger partial charge in [0.15, 0.2) is 5.60 Å². The van der Waals surface area contributed by atoms with Crippen molar-refractivity contribution in [1.82, 2.24) is 0 Å². The molecule has 1 aromatic carbocycles. The topological polar surface area (TPSA) is 52.6 Å². The number of rotatable bonds is 4. The van der Waals surface area contributed by atoms with Crippen molar-refractivity contribution >= 4 is 11.9 Å². The molecule has 146 valence electrons. The zero-order valence-corrected chi connectivity index (χ0v) is 16.5. The molecular formula is C24H26O4. The van der Waals surface area contributed by atoms with E-state index < -0.39 is 16.4 Å². The number of esters is 2. The van der Waals surface area contributed by atoms with Gasteiger partial charge in [0.1, 0.15) is 11.2 Å². The number of carbonyl (C=O) groups excluding carboxylic acids is 2. The van der Waals surface area contributed by atoms with Gasteiger partial charge in [0.2, 0.25) is 0 Å². The second kappa shape index (κ2) is 5.82. The fraction of sp³-hybridized carbons (Fsp3) is 0.500. The van der Waals surface area contributed by atoms with E-state index in [-0.39, 0.29) is 17.9 Å². The summed E-state index contributed by atoms with van der Waals surface area (Å²) in [4.78, 5) is 26.2. The summed E-state index contributed by atoms with van der Waals surface area (Å²) in [5, 5.41) is 0. The summed E-state index contributed by atoms with van der Waals surface area (Å²) >= 11 is 0. The van der Waals surface area contributed by atoms with Crippen LogP contribution in [0.25, 0.3) is 0 Å². The second-order valence-corrected chi connectivity index (χ2v) is 8.47. The minimum absolute atomic E-state index is 0.103. The van der Waals surface area contributed by atoms with E-state index in [9.17, 15) is 9.59 Å². The van der Waals surface area contributed by atoms with Gasteiger partial charge in [-0.05, 0) is 37.8 Å². The highest BCUT2D eigenvalue weighted by molar-refractivity contribution is 5.98. The van der Waals surface area contributed by atoms with Gasteiger partial charge in [-0.1, -0.05) is 57.0 Å². The number of cyclic esters (lactones) is 1. The van der Waals surface area contributed by atoms with Crippen LogP contribution >= 0.6 is 0 Å². The Kier molecular flexibility index (Phi) is 3.68. The molecule has 0 aromatic heterocycles. The summed E-state index contributed by atoms with van der Waals surface area (Å²) in [5.74, 6) is 0.175. The normalized spacial score (nSPS) is 38.6. The molecule has 0 bridgehead atoms. The third kappa shape index (κ3) is 1.65. The second-order valence-electron chi connectivity index (χ2n) is 8.47. The Bertz CT molecular complexity index is 928. The molecule has 4 heteroatoms. The highest BCUT2D eigenvalue weighted by atomic mass is 16.6. The molecule has 2 fully saturated rings. The van der Waals surface area contributed by atoms with Gasteiger partial charge in [-0.25, -0.2) is 4.79 Å². The third-order valence-corrected chi connectivity index (χ3v) is 7.40. The molecule has 28 heavy (non-hydrogen) atoms. The first-order chi connectivity index (χ1) is 13.6. The van der Waals surface area contributed by atoms with E-state index in [0.717, 1.165) is 49.8 Å². The SMILES string of the molecule is CCC/C=C1\OC(=O)[C@@]23C=CCC[C@@]12[C@@]1(OC(=O)c2ccccc21)[C@@H]3CCC. The quantitative estimate of drug-likeness (QED) is 0.544. The smallest absolute Gasteiger partial charge is 0.339 e. The van der Waals surface area contributed by atoms with Gasteiger partial charge in [0.05, 0.1) is 11.0 Å². The monoisotopic (exact) mass is 378 g/mol. The van der Waals surface area contributed by atoms with Crippen molar-refractivity contribution in [2.45, 2.75) is 58.0 Å². The van der Waals surface area contributed by atoms with E-state index in [1.807, 2.05) is 24.3 Å². The fourth-order valence-electron chi connectivity index (χ4n) is 6.56. The predicted octanol–water partition coefficient (Wildman–Crippen LogP) is 5.05. The van der Waals surface area contributed by atoms with E-state index in [2.05, 4.69) is 32.1 Å². The maximum atomic E-state index is 13.3. The van der Waals surface area contributed by atoms with Crippen molar-refractivity contribution in [3.05, 3.63) is 59.4 Å². The van der Waals surface area contributed by atoms with Crippen LogP contribution in [0.4, 0.5) is 0 Å². The number of hydrogen-bond acceptors (Lipinski definition) is 4.